The Balaban J connectivity index is 1.84. The van der Waals surface area contributed by atoms with Crippen molar-refractivity contribution in [2.24, 2.45) is 0 Å². The van der Waals surface area contributed by atoms with Gasteiger partial charge in [-0.25, -0.2) is 0 Å². The number of unbranched alkanes of at least 4 members (excludes halogenated alkanes) is 8. The number of ether oxygens (including phenoxy) is 2. The van der Waals surface area contributed by atoms with Gasteiger partial charge in [-0.2, -0.15) is 0 Å². The molecule has 1 fully saturated rings. The van der Waals surface area contributed by atoms with Crippen LogP contribution >= 0.6 is 0 Å². The molecule has 0 aromatic rings. The van der Waals surface area contributed by atoms with Crippen LogP contribution in [0, 0.1) is 0 Å². The Kier molecular flexibility index (Phi) is 13.3. The van der Waals surface area contributed by atoms with E-state index in [4.69, 9.17) is 9.47 Å². The molecule has 0 bridgehead atoms. The summed E-state index contributed by atoms with van der Waals surface area (Å²) in [5.74, 6) is 0. The maximum atomic E-state index is 9.79. The lowest BCUT2D eigenvalue weighted by molar-refractivity contribution is -0.199. The normalized spacial score (nSPS) is 27.2. The Bertz CT molecular complexity index is 334. The van der Waals surface area contributed by atoms with Crippen LogP contribution in [0.2, 0.25) is 0 Å². The summed E-state index contributed by atoms with van der Waals surface area (Å²) in [6.45, 7) is 3.12. The van der Waals surface area contributed by atoms with E-state index < -0.39 is 24.4 Å². The van der Waals surface area contributed by atoms with Crippen LogP contribution in [0.25, 0.3) is 0 Å². The molecule has 1 heterocycles. The maximum Gasteiger partial charge on any atom is 0.111 e. The molecule has 0 spiro atoms. The van der Waals surface area contributed by atoms with Gasteiger partial charge < -0.3 is 24.8 Å². The molecule has 4 atom stereocenters. The van der Waals surface area contributed by atoms with Gasteiger partial charge in [0.2, 0.25) is 0 Å². The first kappa shape index (κ1) is 22.6. The molecule has 0 saturated carbocycles. The van der Waals surface area contributed by atoms with E-state index in [0.29, 0.717) is 6.61 Å². The van der Waals surface area contributed by atoms with E-state index in [1.165, 1.54) is 44.9 Å². The lowest BCUT2D eigenvalue weighted by Gasteiger charge is -2.35. The maximum absolute atomic E-state index is 9.79. The molecule has 1 aliphatic rings. The van der Waals surface area contributed by atoms with Crippen molar-refractivity contribution < 1.29 is 24.8 Å². The summed E-state index contributed by atoms with van der Waals surface area (Å²) in [7, 11) is 0. The molecule has 1 rings (SSSR count). The third-order valence-electron chi connectivity index (χ3n) is 4.70. The first-order chi connectivity index (χ1) is 12.2. The largest absolute Gasteiger partial charge is 0.388 e. The van der Waals surface area contributed by atoms with Crippen molar-refractivity contribution in [1.29, 1.82) is 0 Å². The number of aliphatic hydroxyl groups is 3. The number of rotatable bonds is 14. The molecule has 1 aliphatic heterocycles. The second kappa shape index (κ2) is 14.7. The van der Waals surface area contributed by atoms with E-state index in [1.807, 2.05) is 0 Å². The summed E-state index contributed by atoms with van der Waals surface area (Å²) in [6, 6.07) is 0. The van der Waals surface area contributed by atoms with Crippen LogP contribution in [0.1, 0.15) is 71.1 Å². The molecule has 5 heteroatoms. The highest BCUT2D eigenvalue weighted by Gasteiger charge is 2.37. The second-order valence-corrected chi connectivity index (χ2v) is 6.99. The molecule has 0 aromatic heterocycles. The molecular formula is C20H38O5. The summed E-state index contributed by atoms with van der Waals surface area (Å²) in [6.07, 6.45) is 13.1. The standard InChI is InChI=1S/C20H38O5/c1-2-3-4-5-6-7-8-9-10-11-12-13-14-24-16-18-20(23)19(22)17(21)15-25-18/h3-4,17-23H,2,5-16H2,1H3/b4-3+/t17-,18+,19+,20+/m1/s1. The van der Waals surface area contributed by atoms with E-state index in [1.54, 1.807) is 0 Å². The zero-order valence-electron chi connectivity index (χ0n) is 15.8. The van der Waals surface area contributed by atoms with Crippen LogP contribution in [-0.4, -0.2) is 59.6 Å². The van der Waals surface area contributed by atoms with Crippen molar-refractivity contribution in [2.75, 3.05) is 19.8 Å². The first-order valence-electron chi connectivity index (χ1n) is 10.0. The van der Waals surface area contributed by atoms with Crippen LogP contribution in [0.5, 0.6) is 0 Å². The zero-order valence-corrected chi connectivity index (χ0v) is 15.8. The van der Waals surface area contributed by atoms with E-state index >= 15 is 0 Å². The van der Waals surface area contributed by atoms with Crippen LogP contribution < -0.4 is 0 Å². The fourth-order valence-electron chi connectivity index (χ4n) is 3.02. The van der Waals surface area contributed by atoms with Gasteiger partial charge in [0.15, 0.2) is 0 Å². The SMILES string of the molecule is CC/C=C/CCCCCCCCCCOC[C@@H]1OC[C@@H](O)[C@H](O)[C@H]1O. The van der Waals surface area contributed by atoms with Crippen molar-refractivity contribution in [3.05, 3.63) is 12.2 Å². The number of allylic oxidation sites excluding steroid dienone is 2. The molecule has 1 saturated heterocycles. The Hall–Kier alpha value is -0.460. The van der Waals surface area contributed by atoms with E-state index in [9.17, 15) is 15.3 Å². The van der Waals surface area contributed by atoms with Gasteiger partial charge in [-0.1, -0.05) is 57.6 Å². The zero-order chi connectivity index (χ0) is 18.3. The number of hydrogen-bond donors (Lipinski definition) is 3. The number of aliphatic hydroxyl groups excluding tert-OH is 3. The highest BCUT2D eigenvalue weighted by molar-refractivity contribution is 4.86. The van der Waals surface area contributed by atoms with Gasteiger partial charge in [-0.15, -0.1) is 0 Å². The molecule has 3 N–H and O–H groups in total. The van der Waals surface area contributed by atoms with Crippen molar-refractivity contribution in [3.63, 3.8) is 0 Å². The van der Waals surface area contributed by atoms with Crippen molar-refractivity contribution in [2.45, 2.75) is 95.5 Å². The first-order valence-corrected chi connectivity index (χ1v) is 10.0. The van der Waals surface area contributed by atoms with Crippen molar-refractivity contribution in [3.8, 4) is 0 Å². The summed E-state index contributed by atoms with van der Waals surface area (Å²) in [5.41, 5.74) is 0. The smallest absolute Gasteiger partial charge is 0.111 e. The monoisotopic (exact) mass is 358 g/mol. The molecular weight excluding hydrogens is 320 g/mol. The van der Waals surface area contributed by atoms with Gasteiger partial charge in [-0.05, 0) is 25.7 Å². The van der Waals surface area contributed by atoms with Crippen molar-refractivity contribution >= 4 is 0 Å². The van der Waals surface area contributed by atoms with E-state index in [0.717, 1.165) is 19.3 Å². The topological polar surface area (TPSA) is 79.2 Å². The van der Waals surface area contributed by atoms with Gasteiger partial charge in [0.05, 0.1) is 13.2 Å². The summed E-state index contributed by atoms with van der Waals surface area (Å²) >= 11 is 0. The van der Waals surface area contributed by atoms with E-state index in [-0.39, 0.29) is 13.2 Å². The van der Waals surface area contributed by atoms with Crippen LogP contribution in [0.15, 0.2) is 12.2 Å². The summed E-state index contributed by atoms with van der Waals surface area (Å²) < 4.78 is 10.8. The predicted molar refractivity (Wildman–Crippen MR) is 99.6 cm³/mol. The molecule has 5 nitrogen and oxygen atoms in total. The highest BCUT2D eigenvalue weighted by Crippen LogP contribution is 2.16. The highest BCUT2D eigenvalue weighted by atomic mass is 16.6. The molecule has 0 aromatic carbocycles. The molecule has 148 valence electrons. The molecule has 0 radical (unpaired) electrons. The molecule has 0 unspecified atom stereocenters. The quantitative estimate of drug-likeness (QED) is 0.329. The lowest BCUT2D eigenvalue weighted by atomic mass is 10.0. The fourth-order valence-corrected chi connectivity index (χ4v) is 3.02. The average Bonchev–Trinajstić information content (AvgIpc) is 2.61. The predicted octanol–water partition coefficient (Wildman–Crippen LogP) is 2.96. The van der Waals surface area contributed by atoms with Gasteiger partial charge in [0.1, 0.15) is 24.4 Å². The second-order valence-electron chi connectivity index (χ2n) is 6.99. The Morgan fingerprint density at radius 1 is 0.880 bits per heavy atom. The molecule has 25 heavy (non-hydrogen) atoms. The number of hydrogen-bond acceptors (Lipinski definition) is 5. The fraction of sp³-hybridized carbons (Fsp3) is 0.900. The van der Waals surface area contributed by atoms with Gasteiger partial charge in [0, 0.05) is 6.61 Å². The minimum absolute atomic E-state index is 0.0428. The van der Waals surface area contributed by atoms with Crippen LogP contribution in [0.3, 0.4) is 0 Å². The average molecular weight is 359 g/mol. The minimum atomic E-state index is -1.15. The third kappa shape index (κ3) is 10.3. The summed E-state index contributed by atoms with van der Waals surface area (Å²) in [4.78, 5) is 0. The van der Waals surface area contributed by atoms with Crippen LogP contribution in [-0.2, 0) is 9.47 Å². The summed E-state index contributed by atoms with van der Waals surface area (Å²) in [5, 5.41) is 28.8. The minimum Gasteiger partial charge on any atom is -0.388 e. The van der Waals surface area contributed by atoms with E-state index in [2.05, 4.69) is 19.1 Å². The van der Waals surface area contributed by atoms with Crippen molar-refractivity contribution in [1.82, 2.24) is 0 Å². The molecule has 0 amide bonds. The Morgan fingerprint density at radius 3 is 2.20 bits per heavy atom. The Labute approximate surface area is 153 Å². The van der Waals surface area contributed by atoms with Gasteiger partial charge in [-0.3, -0.25) is 0 Å². The molecule has 0 aliphatic carbocycles. The van der Waals surface area contributed by atoms with Crippen LogP contribution in [0.4, 0.5) is 0 Å². The Morgan fingerprint density at radius 2 is 1.52 bits per heavy atom. The van der Waals surface area contributed by atoms with Gasteiger partial charge >= 0.3 is 0 Å². The third-order valence-corrected chi connectivity index (χ3v) is 4.70. The van der Waals surface area contributed by atoms with Gasteiger partial charge in [0.25, 0.3) is 0 Å². The lowest BCUT2D eigenvalue weighted by Crippen LogP contribution is -2.54.